The van der Waals surface area contributed by atoms with Gasteiger partial charge in [0.1, 0.15) is 18.3 Å². The van der Waals surface area contributed by atoms with Crippen LogP contribution in [0.3, 0.4) is 0 Å². The lowest BCUT2D eigenvalue weighted by Crippen LogP contribution is -2.77. The summed E-state index contributed by atoms with van der Waals surface area (Å²) in [7, 11) is 0. The van der Waals surface area contributed by atoms with E-state index in [0.717, 1.165) is 19.3 Å². The predicted octanol–water partition coefficient (Wildman–Crippen LogP) is 6.87. The molecule has 0 amide bonds. The van der Waals surface area contributed by atoms with Crippen LogP contribution < -0.4 is 0 Å². The molecule has 0 spiro atoms. The number of ether oxygens (including phenoxy) is 4. The number of rotatable bonds is 15. The first-order chi connectivity index (χ1) is 23.3. The molecule has 3 aliphatic carbocycles. The van der Waals surface area contributed by atoms with Crippen molar-refractivity contribution >= 4 is 17.7 Å². The van der Waals surface area contributed by atoms with Crippen molar-refractivity contribution in [3.05, 3.63) is 11.6 Å². The summed E-state index contributed by atoms with van der Waals surface area (Å²) in [6.45, 7) is 14.8. The number of ketones is 1. The van der Waals surface area contributed by atoms with Crippen LogP contribution in [0.1, 0.15) is 139 Å². The highest BCUT2D eigenvalue weighted by atomic mass is 19.3. The zero-order valence-electron chi connectivity index (χ0n) is 31.8. The SMILES string of the molecule is CCCCCCCCCCCCCC(=O)O[C@@H]1[C@@H](C)[C@]2(O)[C@@H]3C=C(C)C(=O)[C@@]3(O)[C@@H]3OC(C)(C)OCC3[C@@H](OF)[C@H]2C(C)(C)[C@]1(C)OC(C)=O. The van der Waals surface area contributed by atoms with Gasteiger partial charge in [0.05, 0.1) is 12.2 Å². The number of esters is 2. The number of carbonyl (C=O) groups is 3. The molecule has 1 heterocycles. The Morgan fingerprint density at radius 2 is 1.52 bits per heavy atom. The summed E-state index contributed by atoms with van der Waals surface area (Å²) in [4.78, 5) is 44.9. The van der Waals surface area contributed by atoms with E-state index in [1.807, 2.05) is 0 Å². The molecule has 4 rings (SSSR count). The molecule has 11 heteroatoms. The number of carbonyl (C=O) groups excluding carboxylic acids is 3. The van der Waals surface area contributed by atoms with Crippen LogP contribution >= 0.6 is 0 Å². The lowest BCUT2D eigenvalue weighted by molar-refractivity contribution is -0.352. The first kappa shape index (κ1) is 40.8. The van der Waals surface area contributed by atoms with Gasteiger partial charge in [0.15, 0.2) is 22.8 Å². The summed E-state index contributed by atoms with van der Waals surface area (Å²) in [5.41, 5.74) is -7.17. The zero-order chi connectivity index (χ0) is 37.3. The number of hydrogen-bond donors (Lipinski definition) is 2. The number of fused-ring (bicyclic) bond motifs is 5. The fourth-order valence-corrected chi connectivity index (χ4v) is 9.80. The molecular formula is C39H63FO10. The number of unbranched alkanes of at least 4 members (excludes halogenated alkanes) is 10. The third-order valence-corrected chi connectivity index (χ3v) is 12.7. The molecule has 0 bridgehead atoms. The number of halogens is 1. The van der Waals surface area contributed by atoms with E-state index >= 15 is 4.53 Å². The Balaban J connectivity index is 1.64. The number of hydrogen-bond acceptors (Lipinski definition) is 10. The summed E-state index contributed by atoms with van der Waals surface area (Å²) < 4.78 is 39.6. The minimum absolute atomic E-state index is 0.129. The maximum absolute atomic E-state index is 15.2. The van der Waals surface area contributed by atoms with Crippen LogP contribution in [0, 0.1) is 29.1 Å². The quantitative estimate of drug-likeness (QED) is 0.137. The van der Waals surface area contributed by atoms with Gasteiger partial charge >= 0.3 is 11.9 Å². The first-order valence-corrected chi connectivity index (χ1v) is 19.0. The van der Waals surface area contributed by atoms with Gasteiger partial charge < -0.3 is 29.2 Å². The van der Waals surface area contributed by atoms with Crippen LogP contribution in [0.15, 0.2) is 11.6 Å². The predicted molar refractivity (Wildman–Crippen MR) is 184 cm³/mol. The molecule has 10 nitrogen and oxygen atoms in total. The molecule has 1 saturated heterocycles. The van der Waals surface area contributed by atoms with Gasteiger partial charge in [0.25, 0.3) is 0 Å². The summed E-state index contributed by atoms with van der Waals surface area (Å²) >= 11 is 0. The standard InChI is InChI=1S/C39H63FO10/c1-10-11-12-13-14-15-16-17-18-19-20-21-29(42)47-33-25(3)38(44)28-22-24(2)32(43)39(28,45)34-27(23-46-36(7,8)49-34)30(50-40)31(38)35(5,6)37(33,9)48-26(4)41/h22,25,27-28,30-31,33-34,44-45H,10-21,23H2,1-9H3/t25-,27?,28+,30-,31+,33-,34-,37-,38+,39-/m1/s1. The molecule has 4 aliphatic rings. The molecule has 3 fully saturated rings. The van der Waals surface area contributed by atoms with Crippen molar-refractivity contribution < 1.29 is 53.0 Å². The van der Waals surface area contributed by atoms with Crippen molar-refractivity contribution in [3.63, 3.8) is 0 Å². The minimum atomic E-state index is -2.32. The first-order valence-electron chi connectivity index (χ1n) is 19.0. The van der Waals surface area contributed by atoms with Gasteiger partial charge in [-0.25, -0.2) is 0 Å². The number of Topliss-reactive ketones (excluding diaryl/α,β-unsaturated/α-hetero) is 1. The van der Waals surface area contributed by atoms with Crippen LogP contribution in [-0.4, -0.2) is 75.4 Å². The lowest BCUT2D eigenvalue weighted by Gasteiger charge is -2.64. The second-order valence-electron chi connectivity index (χ2n) is 16.7. The largest absolute Gasteiger partial charge is 0.458 e. The van der Waals surface area contributed by atoms with Gasteiger partial charge in [-0.05, 0) is 44.2 Å². The van der Waals surface area contributed by atoms with Gasteiger partial charge in [-0.2, -0.15) is 4.94 Å². The fraction of sp³-hybridized carbons (Fsp3) is 0.872. The summed E-state index contributed by atoms with van der Waals surface area (Å²) in [5, 5.41) is 25.8. The third-order valence-electron chi connectivity index (χ3n) is 12.7. The Kier molecular flexibility index (Phi) is 12.7. The van der Waals surface area contributed by atoms with E-state index in [2.05, 4.69) is 6.92 Å². The van der Waals surface area contributed by atoms with Gasteiger partial charge in [-0.3, -0.25) is 14.4 Å². The van der Waals surface area contributed by atoms with Crippen LogP contribution in [0.2, 0.25) is 0 Å². The van der Waals surface area contributed by atoms with Gasteiger partial charge in [-0.15, -0.1) is 0 Å². The maximum atomic E-state index is 15.2. The van der Waals surface area contributed by atoms with Gasteiger partial charge in [0, 0.05) is 42.4 Å². The molecule has 10 atom stereocenters. The van der Waals surface area contributed by atoms with Gasteiger partial charge in [0.2, 0.25) is 0 Å². The minimum Gasteiger partial charge on any atom is -0.458 e. The Bertz CT molecular complexity index is 1270. The van der Waals surface area contributed by atoms with E-state index in [0.29, 0.717) is 6.42 Å². The third kappa shape index (κ3) is 7.20. The maximum Gasteiger partial charge on any atom is 0.306 e. The molecule has 0 radical (unpaired) electrons. The highest BCUT2D eigenvalue weighted by molar-refractivity contribution is 6.05. The molecule has 2 saturated carbocycles. The highest BCUT2D eigenvalue weighted by Crippen LogP contribution is 2.66. The van der Waals surface area contributed by atoms with E-state index < -0.39 is 87.7 Å². The van der Waals surface area contributed by atoms with Crippen molar-refractivity contribution in [1.82, 2.24) is 0 Å². The van der Waals surface area contributed by atoms with E-state index in [1.165, 1.54) is 57.9 Å². The number of aliphatic hydroxyl groups is 2. The highest BCUT2D eigenvalue weighted by Gasteiger charge is 2.79. The van der Waals surface area contributed by atoms with E-state index in [4.69, 9.17) is 23.9 Å². The van der Waals surface area contributed by atoms with Crippen molar-refractivity contribution in [3.8, 4) is 0 Å². The van der Waals surface area contributed by atoms with Crippen molar-refractivity contribution in [2.75, 3.05) is 6.61 Å². The van der Waals surface area contributed by atoms with E-state index in [1.54, 1.807) is 48.5 Å². The molecule has 2 N–H and O–H groups in total. The molecule has 1 unspecified atom stereocenters. The Hall–Kier alpha value is -1.92. The average Bonchev–Trinajstić information content (AvgIpc) is 3.24. The molecule has 50 heavy (non-hydrogen) atoms. The van der Waals surface area contributed by atoms with Crippen LogP contribution in [0.25, 0.3) is 0 Å². The lowest BCUT2D eigenvalue weighted by atomic mass is 9.46. The van der Waals surface area contributed by atoms with Crippen LogP contribution in [0.4, 0.5) is 4.53 Å². The molecule has 0 aromatic heterocycles. The van der Waals surface area contributed by atoms with Crippen molar-refractivity contribution in [1.29, 1.82) is 0 Å². The zero-order valence-corrected chi connectivity index (χ0v) is 31.8. The monoisotopic (exact) mass is 710 g/mol. The second-order valence-corrected chi connectivity index (χ2v) is 16.7. The summed E-state index contributed by atoms with van der Waals surface area (Å²) in [5.74, 6) is -7.70. The molecule has 0 aromatic rings. The topological polar surface area (TPSA) is 138 Å². The molecule has 0 aromatic carbocycles. The summed E-state index contributed by atoms with van der Waals surface area (Å²) in [6.07, 6.45) is 10.00. The van der Waals surface area contributed by atoms with Gasteiger partial charge in [-0.1, -0.05) is 98.0 Å². The average molecular weight is 711 g/mol. The van der Waals surface area contributed by atoms with Crippen LogP contribution in [-0.2, 0) is 38.3 Å². The Morgan fingerprint density at radius 1 is 0.960 bits per heavy atom. The molecular weight excluding hydrogens is 647 g/mol. The summed E-state index contributed by atoms with van der Waals surface area (Å²) in [6, 6.07) is 0. The van der Waals surface area contributed by atoms with E-state index in [9.17, 15) is 24.6 Å². The van der Waals surface area contributed by atoms with Crippen molar-refractivity contribution in [2.45, 2.75) is 180 Å². The molecule has 286 valence electrons. The second kappa shape index (κ2) is 15.6. The fourth-order valence-electron chi connectivity index (χ4n) is 9.80. The normalized spacial score (nSPS) is 38.7. The smallest absolute Gasteiger partial charge is 0.306 e. The van der Waals surface area contributed by atoms with E-state index in [-0.39, 0.29) is 18.6 Å². The Morgan fingerprint density at radius 3 is 2.06 bits per heavy atom. The van der Waals surface area contributed by atoms with Crippen LogP contribution in [0.5, 0.6) is 0 Å². The Labute approximate surface area is 298 Å². The van der Waals surface area contributed by atoms with Crippen molar-refractivity contribution in [2.24, 2.45) is 29.1 Å². The molecule has 1 aliphatic heterocycles.